The molecule has 0 aromatic heterocycles. The first kappa shape index (κ1) is 28.3. The molecule has 41 heavy (non-hydrogen) atoms. The fourth-order valence-electron chi connectivity index (χ4n) is 5.93. The molecule has 5 rings (SSSR count). The van der Waals surface area contributed by atoms with Crippen LogP contribution in [0.15, 0.2) is 54.6 Å². The molecule has 2 atom stereocenters. The van der Waals surface area contributed by atoms with Gasteiger partial charge in [0, 0.05) is 25.7 Å². The van der Waals surface area contributed by atoms with Crippen LogP contribution in [0.4, 0.5) is 5.69 Å². The summed E-state index contributed by atoms with van der Waals surface area (Å²) in [4.78, 5) is 51.0. The number of primary amides is 2. The van der Waals surface area contributed by atoms with Gasteiger partial charge in [0.05, 0.1) is 24.9 Å². The maximum Gasteiger partial charge on any atom is 0.243 e. The second-order valence-corrected chi connectivity index (χ2v) is 10.9. The number of nitrogens with one attached hydrogen (secondary N) is 1. The predicted octanol–water partition coefficient (Wildman–Crippen LogP) is 2.82. The highest BCUT2D eigenvalue weighted by atomic mass is 16.5. The largest absolute Gasteiger partial charge is 0.375 e. The van der Waals surface area contributed by atoms with Crippen LogP contribution in [-0.2, 0) is 49.8 Å². The molecule has 4 amide bonds. The second kappa shape index (κ2) is 12.5. The fourth-order valence-corrected chi connectivity index (χ4v) is 5.93. The van der Waals surface area contributed by atoms with Crippen LogP contribution in [-0.4, -0.2) is 42.3 Å². The normalized spacial score (nSPS) is 16.7. The van der Waals surface area contributed by atoms with Gasteiger partial charge in [-0.05, 0) is 64.8 Å². The van der Waals surface area contributed by atoms with Gasteiger partial charge in [0.15, 0.2) is 0 Å². The number of nitrogens with two attached hydrogens (primary N) is 2. The van der Waals surface area contributed by atoms with Crippen molar-refractivity contribution in [3.8, 4) is 0 Å². The molecule has 5 N–H and O–H groups in total. The lowest BCUT2D eigenvalue weighted by Crippen LogP contribution is -2.51. The van der Waals surface area contributed by atoms with Gasteiger partial charge in [0.2, 0.25) is 23.6 Å². The van der Waals surface area contributed by atoms with Crippen LogP contribution in [0.1, 0.15) is 54.4 Å². The Labute approximate surface area is 239 Å². The van der Waals surface area contributed by atoms with Crippen LogP contribution in [0.2, 0.25) is 0 Å². The van der Waals surface area contributed by atoms with Crippen LogP contribution >= 0.6 is 0 Å². The molecule has 0 saturated heterocycles. The number of carbonyl (C=O) groups excluding carboxylic acids is 4. The average molecular weight is 557 g/mol. The standard InChI is InChI=1S/C32H36N4O5/c33-28(37)14-11-21-4-1-7-23-16-20(10-13-26(21)23)18-41-19-25(12-15-29(34)38)35-32(40)27-17-24-8-2-5-22-6-3-9-30(39)36(27)31(22)24/h1-2,4-5,7-8,10,13,16,25,27H,3,6,9,11-12,14-15,17-19H2,(H2,33,37)(H2,34,38)(H,35,40)/t25-,27-/m0/s1. The zero-order chi connectivity index (χ0) is 28.9. The summed E-state index contributed by atoms with van der Waals surface area (Å²) in [6.07, 6.45) is 3.77. The second-order valence-electron chi connectivity index (χ2n) is 10.9. The first-order valence-corrected chi connectivity index (χ1v) is 14.2. The Morgan fingerprint density at radius 1 is 0.976 bits per heavy atom. The molecule has 214 valence electrons. The van der Waals surface area contributed by atoms with Crippen LogP contribution in [0.25, 0.3) is 10.8 Å². The van der Waals surface area contributed by atoms with Crippen molar-refractivity contribution in [1.29, 1.82) is 0 Å². The van der Waals surface area contributed by atoms with Gasteiger partial charge in [-0.25, -0.2) is 0 Å². The molecule has 2 aliphatic rings. The molecule has 0 bridgehead atoms. The number of para-hydroxylation sites is 1. The van der Waals surface area contributed by atoms with Crippen molar-refractivity contribution < 1.29 is 23.9 Å². The highest BCUT2D eigenvalue weighted by Gasteiger charge is 2.41. The Morgan fingerprint density at radius 2 is 1.76 bits per heavy atom. The van der Waals surface area contributed by atoms with Gasteiger partial charge in [0.1, 0.15) is 6.04 Å². The zero-order valence-electron chi connectivity index (χ0n) is 23.1. The molecular formula is C32H36N4O5. The van der Waals surface area contributed by atoms with E-state index in [-0.39, 0.29) is 30.7 Å². The number of carbonyl (C=O) groups is 4. The maximum atomic E-state index is 13.5. The maximum absolute atomic E-state index is 13.5. The van der Waals surface area contributed by atoms with E-state index in [0.29, 0.717) is 38.7 Å². The van der Waals surface area contributed by atoms with Gasteiger partial charge >= 0.3 is 0 Å². The third-order valence-corrected chi connectivity index (χ3v) is 7.93. The van der Waals surface area contributed by atoms with Gasteiger partial charge in [0.25, 0.3) is 0 Å². The smallest absolute Gasteiger partial charge is 0.243 e. The van der Waals surface area contributed by atoms with Crippen molar-refractivity contribution in [2.75, 3.05) is 11.5 Å². The summed E-state index contributed by atoms with van der Waals surface area (Å²) in [5.41, 5.74) is 15.7. The minimum atomic E-state index is -0.628. The van der Waals surface area contributed by atoms with Gasteiger partial charge in [-0.1, -0.05) is 48.5 Å². The quantitative estimate of drug-likeness (QED) is 0.314. The van der Waals surface area contributed by atoms with E-state index >= 15 is 0 Å². The lowest BCUT2D eigenvalue weighted by atomic mass is 9.99. The molecule has 3 aromatic rings. The lowest BCUT2D eigenvalue weighted by molar-refractivity contribution is -0.127. The van der Waals surface area contributed by atoms with E-state index in [1.54, 1.807) is 4.90 Å². The van der Waals surface area contributed by atoms with Crippen molar-refractivity contribution in [3.63, 3.8) is 0 Å². The Morgan fingerprint density at radius 3 is 2.56 bits per heavy atom. The van der Waals surface area contributed by atoms with E-state index in [1.165, 1.54) is 0 Å². The predicted molar refractivity (Wildman–Crippen MR) is 156 cm³/mol. The van der Waals surface area contributed by atoms with E-state index in [9.17, 15) is 19.2 Å². The van der Waals surface area contributed by atoms with E-state index in [1.807, 2.05) is 54.6 Å². The highest BCUT2D eigenvalue weighted by Crippen LogP contribution is 2.39. The van der Waals surface area contributed by atoms with Gasteiger partial charge < -0.3 is 21.5 Å². The van der Waals surface area contributed by atoms with E-state index in [0.717, 1.165) is 51.6 Å². The molecule has 0 saturated carbocycles. The minimum Gasteiger partial charge on any atom is -0.375 e. The summed E-state index contributed by atoms with van der Waals surface area (Å²) in [7, 11) is 0. The molecule has 3 aromatic carbocycles. The Bertz CT molecular complexity index is 1490. The molecule has 2 heterocycles. The molecule has 9 nitrogen and oxygen atoms in total. The number of hydrogen-bond donors (Lipinski definition) is 3. The summed E-state index contributed by atoms with van der Waals surface area (Å²) < 4.78 is 6.01. The molecule has 0 radical (unpaired) electrons. The van der Waals surface area contributed by atoms with Gasteiger partial charge in [-0.15, -0.1) is 0 Å². The summed E-state index contributed by atoms with van der Waals surface area (Å²) in [6, 6.07) is 16.9. The van der Waals surface area contributed by atoms with Crippen LogP contribution in [0.5, 0.6) is 0 Å². The SMILES string of the molecule is NC(=O)CCc1cccc2cc(COC[C@H](CCC(N)=O)NC(=O)[C@@H]3Cc4cccc5c4N3C(=O)CCC5)ccc12. The summed E-state index contributed by atoms with van der Waals surface area (Å²) in [5.74, 6) is -1.07. The number of anilines is 1. The van der Waals surface area contributed by atoms with Crippen LogP contribution in [0, 0.1) is 0 Å². The number of ether oxygens (including phenoxy) is 1. The highest BCUT2D eigenvalue weighted by molar-refractivity contribution is 6.04. The molecular weight excluding hydrogens is 520 g/mol. The Balaban J connectivity index is 1.24. The fraction of sp³-hybridized carbons (Fsp3) is 0.375. The van der Waals surface area contributed by atoms with Gasteiger partial charge in [-0.3, -0.25) is 24.1 Å². The number of fused-ring (bicyclic) bond motifs is 1. The van der Waals surface area contributed by atoms with Crippen molar-refractivity contribution in [3.05, 3.63) is 76.9 Å². The van der Waals surface area contributed by atoms with E-state index in [2.05, 4.69) is 5.32 Å². The number of amides is 4. The Hall–Kier alpha value is -4.24. The number of rotatable bonds is 12. The summed E-state index contributed by atoms with van der Waals surface area (Å²) in [6.45, 7) is 0.502. The molecule has 9 heteroatoms. The summed E-state index contributed by atoms with van der Waals surface area (Å²) in [5, 5.41) is 5.14. The number of hydrogen-bond acceptors (Lipinski definition) is 5. The van der Waals surface area contributed by atoms with E-state index in [4.69, 9.17) is 16.2 Å². The third-order valence-electron chi connectivity index (χ3n) is 7.93. The molecule has 0 fully saturated rings. The number of benzene rings is 3. The van der Waals surface area contributed by atoms with E-state index < -0.39 is 18.0 Å². The first-order valence-electron chi connectivity index (χ1n) is 14.2. The third kappa shape index (κ3) is 6.57. The van der Waals surface area contributed by atoms with Crippen molar-refractivity contribution in [1.82, 2.24) is 5.32 Å². The van der Waals surface area contributed by atoms with Crippen molar-refractivity contribution in [2.45, 2.75) is 70.1 Å². The van der Waals surface area contributed by atoms with Crippen LogP contribution < -0.4 is 21.7 Å². The van der Waals surface area contributed by atoms with Crippen molar-refractivity contribution in [2.24, 2.45) is 11.5 Å². The minimum absolute atomic E-state index is 0.0344. The topological polar surface area (TPSA) is 145 Å². The summed E-state index contributed by atoms with van der Waals surface area (Å²) >= 11 is 0. The molecule has 0 unspecified atom stereocenters. The Kier molecular flexibility index (Phi) is 8.64. The molecule has 0 aliphatic carbocycles. The number of aryl methyl sites for hydroxylation is 2. The van der Waals surface area contributed by atoms with Crippen LogP contribution in [0.3, 0.4) is 0 Å². The molecule has 2 aliphatic heterocycles. The molecule has 0 spiro atoms. The zero-order valence-corrected chi connectivity index (χ0v) is 23.1. The lowest BCUT2D eigenvalue weighted by Gasteiger charge is -2.27. The monoisotopic (exact) mass is 556 g/mol. The number of nitrogens with zero attached hydrogens (tertiary/aromatic N) is 1. The van der Waals surface area contributed by atoms with Crippen molar-refractivity contribution >= 4 is 40.1 Å². The average Bonchev–Trinajstić information content (AvgIpc) is 3.26. The van der Waals surface area contributed by atoms with Gasteiger partial charge in [-0.2, -0.15) is 0 Å². The first-order chi connectivity index (χ1) is 19.8.